The van der Waals surface area contributed by atoms with E-state index in [1.54, 1.807) is 27.9 Å². The first-order chi connectivity index (χ1) is 20.2. The fourth-order valence-corrected chi connectivity index (χ4v) is 5.02. The summed E-state index contributed by atoms with van der Waals surface area (Å²) in [4.78, 5) is 35.3. The highest BCUT2D eigenvalue weighted by molar-refractivity contribution is 6.04. The summed E-state index contributed by atoms with van der Waals surface area (Å²) < 4.78 is 45.3. The molecule has 15 heteroatoms. The van der Waals surface area contributed by atoms with E-state index in [0.717, 1.165) is 42.3 Å². The van der Waals surface area contributed by atoms with Crippen LogP contribution in [0.4, 0.5) is 24.8 Å². The molecule has 0 saturated carbocycles. The molecule has 1 fully saturated rings. The summed E-state index contributed by atoms with van der Waals surface area (Å²) in [5, 5.41) is 15.2. The molecule has 42 heavy (non-hydrogen) atoms. The van der Waals surface area contributed by atoms with E-state index in [-0.39, 0.29) is 34.7 Å². The predicted octanol–water partition coefficient (Wildman–Crippen LogP) is 4.07. The van der Waals surface area contributed by atoms with Crippen molar-refractivity contribution >= 4 is 34.4 Å². The van der Waals surface area contributed by atoms with Crippen LogP contribution in [0.15, 0.2) is 65.7 Å². The number of fused-ring (bicyclic) bond motifs is 1. The van der Waals surface area contributed by atoms with E-state index in [4.69, 9.17) is 10.8 Å². The van der Waals surface area contributed by atoms with Crippen LogP contribution in [0, 0.1) is 0 Å². The van der Waals surface area contributed by atoms with Crippen LogP contribution in [0.1, 0.15) is 50.9 Å². The third kappa shape index (κ3) is 5.11. The number of halogens is 3. The van der Waals surface area contributed by atoms with Crippen LogP contribution in [-0.2, 0) is 6.18 Å². The molecule has 1 atom stereocenters. The van der Waals surface area contributed by atoms with E-state index in [0.29, 0.717) is 24.3 Å². The molecule has 3 N–H and O–H groups in total. The van der Waals surface area contributed by atoms with Crippen molar-refractivity contribution in [3.8, 4) is 5.69 Å². The van der Waals surface area contributed by atoms with Crippen molar-refractivity contribution in [1.29, 1.82) is 0 Å². The molecule has 12 nitrogen and oxygen atoms in total. The van der Waals surface area contributed by atoms with Crippen molar-refractivity contribution in [1.82, 2.24) is 35.0 Å². The van der Waals surface area contributed by atoms with Crippen LogP contribution in [-0.4, -0.2) is 59.9 Å². The Morgan fingerprint density at radius 2 is 1.86 bits per heavy atom. The van der Waals surface area contributed by atoms with Crippen molar-refractivity contribution in [2.24, 2.45) is 0 Å². The minimum atomic E-state index is -4.56. The number of alkyl halides is 3. The third-order valence-electron chi connectivity index (χ3n) is 7.03. The van der Waals surface area contributed by atoms with Gasteiger partial charge >= 0.3 is 6.18 Å². The van der Waals surface area contributed by atoms with Gasteiger partial charge in [-0.3, -0.25) is 9.59 Å². The normalized spacial score (nSPS) is 15.6. The Hall–Kier alpha value is -5.34. The highest BCUT2D eigenvalue weighted by Gasteiger charge is 2.32. The highest BCUT2D eigenvalue weighted by Crippen LogP contribution is 2.35. The fraction of sp³-hybridized carbons (Fsp3) is 0.222. The first-order valence-electron chi connectivity index (χ1n) is 12.8. The Kier molecular flexibility index (Phi) is 6.76. The summed E-state index contributed by atoms with van der Waals surface area (Å²) in [6.07, 6.45) is 0.830. The zero-order chi connectivity index (χ0) is 29.4. The molecule has 1 aliphatic rings. The average molecular weight is 578 g/mol. The zero-order valence-corrected chi connectivity index (χ0v) is 21.7. The van der Waals surface area contributed by atoms with Gasteiger partial charge < -0.3 is 16.0 Å². The molecule has 2 amide bonds. The van der Waals surface area contributed by atoms with Crippen molar-refractivity contribution in [2.75, 3.05) is 24.1 Å². The number of anilines is 2. The number of likely N-dealkylation sites (tertiary alicyclic amines) is 1. The number of nitrogen functional groups attached to an aromatic ring is 1. The van der Waals surface area contributed by atoms with E-state index in [2.05, 4.69) is 30.2 Å². The van der Waals surface area contributed by atoms with E-state index < -0.39 is 17.6 Å². The number of nitrogens with one attached hydrogen (secondary N) is 1. The number of aromatic nitrogens is 6. The molecule has 5 heterocycles. The van der Waals surface area contributed by atoms with E-state index in [1.165, 1.54) is 18.3 Å². The monoisotopic (exact) mass is 577 g/mol. The number of carbonyl (C=O) groups is 2. The molecule has 5 aromatic rings. The minimum absolute atomic E-state index is 0.0990. The molecule has 4 aromatic heterocycles. The van der Waals surface area contributed by atoms with Gasteiger partial charge in [-0.2, -0.15) is 18.3 Å². The summed E-state index contributed by atoms with van der Waals surface area (Å²) >= 11 is 0. The molecule has 0 spiro atoms. The maximum Gasteiger partial charge on any atom is 0.416 e. The van der Waals surface area contributed by atoms with Gasteiger partial charge in [0, 0.05) is 42.4 Å². The molecule has 0 unspecified atom stereocenters. The third-order valence-corrected chi connectivity index (χ3v) is 7.03. The standard InChI is InChI=1S/C27H22F3N9O3/c28-27(29,30)17-7-9-32-21(12-17)35-25(40)15-3-5-18(6-4-15)39-23-19(8-10-33-24(23)31)22(36-39)16-2-1-11-38(14-16)26(41)20-13-34-42-37-20/h3-10,12-13,16H,1-2,11,14H2,(H2,31,33)(H,32,35,40)/t16-/m1/s1. The van der Waals surface area contributed by atoms with Gasteiger partial charge in [0.05, 0.1) is 16.9 Å². The first-order valence-corrected chi connectivity index (χ1v) is 12.8. The van der Waals surface area contributed by atoms with Crippen molar-refractivity contribution in [2.45, 2.75) is 24.9 Å². The molecule has 1 aliphatic heterocycles. The second kappa shape index (κ2) is 10.6. The second-order valence-electron chi connectivity index (χ2n) is 9.70. The highest BCUT2D eigenvalue weighted by atomic mass is 19.4. The Labute approximate surface area is 235 Å². The van der Waals surface area contributed by atoms with Gasteiger partial charge in [0.2, 0.25) is 0 Å². The lowest BCUT2D eigenvalue weighted by atomic mass is 9.93. The van der Waals surface area contributed by atoms with Crippen LogP contribution in [0.5, 0.6) is 0 Å². The number of hydrogen-bond acceptors (Lipinski definition) is 9. The molecule has 1 aromatic carbocycles. The molecule has 0 bridgehead atoms. The lowest BCUT2D eigenvalue weighted by Gasteiger charge is -2.31. The average Bonchev–Trinajstić information content (AvgIpc) is 3.66. The molecule has 6 rings (SSSR count). The number of pyridine rings is 2. The van der Waals surface area contributed by atoms with E-state index >= 15 is 0 Å². The number of amides is 2. The number of nitrogens with zero attached hydrogens (tertiary/aromatic N) is 7. The molecular formula is C27H22F3N9O3. The van der Waals surface area contributed by atoms with Crippen LogP contribution < -0.4 is 11.1 Å². The van der Waals surface area contributed by atoms with E-state index in [9.17, 15) is 22.8 Å². The molecule has 0 aliphatic carbocycles. The quantitative estimate of drug-likeness (QED) is 0.314. The lowest BCUT2D eigenvalue weighted by molar-refractivity contribution is -0.137. The topological polar surface area (TPSA) is 158 Å². The van der Waals surface area contributed by atoms with Gasteiger partial charge in [-0.15, -0.1) is 0 Å². The summed E-state index contributed by atoms with van der Waals surface area (Å²) in [7, 11) is 0. The van der Waals surface area contributed by atoms with Crippen LogP contribution in [0.25, 0.3) is 16.6 Å². The number of benzene rings is 1. The number of piperidine rings is 1. The lowest BCUT2D eigenvalue weighted by Crippen LogP contribution is -2.39. The largest absolute Gasteiger partial charge is 0.416 e. The van der Waals surface area contributed by atoms with Crippen molar-refractivity contribution in [3.63, 3.8) is 0 Å². The van der Waals surface area contributed by atoms with Gasteiger partial charge in [0.1, 0.15) is 23.3 Å². The Morgan fingerprint density at radius 3 is 2.60 bits per heavy atom. The number of hydrogen-bond donors (Lipinski definition) is 2. The zero-order valence-electron chi connectivity index (χ0n) is 21.7. The van der Waals surface area contributed by atoms with Crippen molar-refractivity contribution in [3.05, 3.63) is 83.6 Å². The summed E-state index contributed by atoms with van der Waals surface area (Å²) in [6, 6.07) is 9.73. The van der Waals surface area contributed by atoms with Gasteiger partial charge in [-0.1, -0.05) is 5.16 Å². The Bertz CT molecular complexity index is 1770. The maximum absolute atomic E-state index is 13.0. The SMILES string of the molecule is Nc1nccc2c([C@@H]3CCCN(C(=O)c4cnon4)C3)nn(-c3ccc(C(=O)Nc4cc(C(F)(F)F)ccn4)cc3)c12. The fourth-order valence-electron chi connectivity index (χ4n) is 5.02. The first kappa shape index (κ1) is 26.9. The molecule has 1 saturated heterocycles. The molecule has 0 radical (unpaired) electrons. The smallest absolute Gasteiger partial charge is 0.382 e. The van der Waals surface area contributed by atoms with Crippen LogP contribution in [0.3, 0.4) is 0 Å². The number of carbonyl (C=O) groups excluding carboxylic acids is 2. The maximum atomic E-state index is 13.0. The Balaban J connectivity index is 1.27. The van der Waals surface area contributed by atoms with Crippen LogP contribution >= 0.6 is 0 Å². The van der Waals surface area contributed by atoms with Gasteiger partial charge in [0.25, 0.3) is 11.8 Å². The number of nitrogens with two attached hydrogens (primary N) is 1. The van der Waals surface area contributed by atoms with Gasteiger partial charge in [-0.25, -0.2) is 19.3 Å². The summed E-state index contributed by atoms with van der Waals surface area (Å²) in [5.41, 5.74) is 7.58. The van der Waals surface area contributed by atoms with E-state index in [1.807, 2.05) is 6.07 Å². The van der Waals surface area contributed by atoms with Gasteiger partial charge in [0.15, 0.2) is 5.69 Å². The van der Waals surface area contributed by atoms with Gasteiger partial charge in [-0.05, 0) is 60.5 Å². The summed E-state index contributed by atoms with van der Waals surface area (Å²) in [6.45, 7) is 0.965. The van der Waals surface area contributed by atoms with Crippen LogP contribution in [0.2, 0.25) is 0 Å². The second-order valence-corrected chi connectivity index (χ2v) is 9.70. The number of rotatable bonds is 5. The Morgan fingerprint density at radius 1 is 1.07 bits per heavy atom. The molecule has 214 valence electrons. The van der Waals surface area contributed by atoms with Crippen molar-refractivity contribution < 1.29 is 27.4 Å². The molecular weight excluding hydrogens is 555 g/mol. The summed E-state index contributed by atoms with van der Waals surface area (Å²) in [5.74, 6) is -0.977. The minimum Gasteiger partial charge on any atom is -0.382 e. The predicted molar refractivity (Wildman–Crippen MR) is 143 cm³/mol.